The van der Waals surface area contributed by atoms with Crippen LogP contribution in [0.25, 0.3) is 11.0 Å². The van der Waals surface area contributed by atoms with E-state index in [9.17, 15) is 14.7 Å². The van der Waals surface area contributed by atoms with E-state index in [1.54, 1.807) is 36.8 Å². The van der Waals surface area contributed by atoms with E-state index in [0.717, 1.165) is 12.8 Å². The van der Waals surface area contributed by atoms with Crippen LogP contribution in [0.1, 0.15) is 39.1 Å². The molecule has 1 aromatic carbocycles. The zero-order valence-electron chi connectivity index (χ0n) is 19.1. The third-order valence-corrected chi connectivity index (χ3v) is 6.36. The van der Waals surface area contributed by atoms with E-state index in [0.29, 0.717) is 40.3 Å². The number of hydrogen-bond donors (Lipinski definition) is 4. The van der Waals surface area contributed by atoms with Crippen molar-refractivity contribution in [2.24, 2.45) is 0 Å². The van der Waals surface area contributed by atoms with Gasteiger partial charge in [-0.05, 0) is 43.2 Å². The summed E-state index contributed by atoms with van der Waals surface area (Å²) in [7, 11) is 0. The van der Waals surface area contributed by atoms with Crippen molar-refractivity contribution < 1.29 is 19.4 Å². The maximum Gasteiger partial charge on any atom is 0.255 e. The van der Waals surface area contributed by atoms with E-state index in [1.807, 2.05) is 0 Å². The molecule has 3 aromatic heterocycles. The number of aromatic nitrogens is 4. The summed E-state index contributed by atoms with van der Waals surface area (Å²) in [4.78, 5) is 41.6. The molecule has 11 heteroatoms. The number of ketones is 1. The predicted octanol–water partition coefficient (Wildman–Crippen LogP) is 3.44. The lowest BCUT2D eigenvalue weighted by molar-refractivity contribution is -0.0224. The molecular weight excluding hydrogens is 484 g/mol. The number of aliphatic hydroxyl groups is 1. The monoisotopic (exact) mass is 506 g/mol. The molecule has 1 aliphatic heterocycles. The van der Waals surface area contributed by atoms with Crippen LogP contribution in [0.4, 0.5) is 11.5 Å². The summed E-state index contributed by atoms with van der Waals surface area (Å²) in [5, 5.41) is 16.1. The van der Waals surface area contributed by atoms with Gasteiger partial charge in [0.1, 0.15) is 17.8 Å². The average molecular weight is 507 g/mol. The molecule has 4 N–H and O–H groups in total. The Bertz CT molecular complexity index is 1400. The van der Waals surface area contributed by atoms with Crippen molar-refractivity contribution in [2.45, 2.75) is 25.0 Å². The fraction of sp³-hybridized carbons (Fsp3) is 0.240. The fourth-order valence-electron chi connectivity index (χ4n) is 4.13. The molecule has 0 saturated carbocycles. The van der Waals surface area contributed by atoms with E-state index in [1.165, 1.54) is 18.5 Å². The molecule has 10 nitrogen and oxygen atoms in total. The highest BCUT2D eigenvalue weighted by Gasteiger charge is 2.25. The Morgan fingerprint density at radius 2 is 1.97 bits per heavy atom. The summed E-state index contributed by atoms with van der Waals surface area (Å²) in [6.07, 6.45) is 7.49. The predicted molar refractivity (Wildman–Crippen MR) is 134 cm³/mol. The zero-order chi connectivity index (χ0) is 25.1. The van der Waals surface area contributed by atoms with Gasteiger partial charge < -0.3 is 25.5 Å². The lowest BCUT2D eigenvalue weighted by Crippen LogP contribution is -2.36. The summed E-state index contributed by atoms with van der Waals surface area (Å²) in [6.45, 7) is 0.408. The molecule has 0 bridgehead atoms. The van der Waals surface area contributed by atoms with Crippen molar-refractivity contribution in [1.29, 1.82) is 0 Å². The van der Waals surface area contributed by atoms with E-state index < -0.39 is 0 Å². The molecule has 2 unspecified atom stereocenters. The number of halogens is 1. The number of H-pyrrole nitrogens is 1. The lowest BCUT2D eigenvalue weighted by Gasteiger charge is -2.29. The Morgan fingerprint density at radius 3 is 2.69 bits per heavy atom. The number of anilines is 2. The molecular formula is C25H23ClN6O4. The number of benzene rings is 1. The van der Waals surface area contributed by atoms with Crippen molar-refractivity contribution in [3.05, 3.63) is 77.0 Å². The Morgan fingerprint density at radius 1 is 1.14 bits per heavy atom. The molecule has 1 aliphatic rings. The van der Waals surface area contributed by atoms with Crippen LogP contribution in [0.3, 0.4) is 0 Å². The molecule has 5 rings (SSSR count). The molecule has 4 heterocycles. The number of rotatable bonds is 7. The quantitative estimate of drug-likeness (QED) is 0.279. The first-order valence-electron chi connectivity index (χ1n) is 11.4. The fourth-order valence-corrected chi connectivity index (χ4v) is 4.40. The number of carbonyl (C=O) groups excluding carboxylic acids is 2. The van der Waals surface area contributed by atoms with Crippen LogP contribution in [0.5, 0.6) is 0 Å². The normalized spacial score (nSPS) is 17.6. The molecule has 36 heavy (non-hydrogen) atoms. The van der Waals surface area contributed by atoms with Gasteiger partial charge in [0.05, 0.1) is 41.3 Å². The number of pyridine rings is 1. The van der Waals surface area contributed by atoms with E-state index >= 15 is 0 Å². The maximum absolute atomic E-state index is 13.5. The largest absolute Gasteiger partial charge is 0.394 e. The molecule has 0 aliphatic carbocycles. The van der Waals surface area contributed by atoms with Crippen LogP contribution in [0.15, 0.2) is 55.2 Å². The van der Waals surface area contributed by atoms with Crippen LogP contribution in [0.2, 0.25) is 5.02 Å². The van der Waals surface area contributed by atoms with Gasteiger partial charge in [-0.3, -0.25) is 14.6 Å². The molecule has 1 saturated heterocycles. The van der Waals surface area contributed by atoms with Crippen LogP contribution in [-0.2, 0) is 4.74 Å². The smallest absolute Gasteiger partial charge is 0.255 e. The maximum atomic E-state index is 13.5. The van der Waals surface area contributed by atoms with Crippen molar-refractivity contribution in [2.75, 3.05) is 23.8 Å². The van der Waals surface area contributed by atoms with Gasteiger partial charge in [0, 0.05) is 35.4 Å². The summed E-state index contributed by atoms with van der Waals surface area (Å²) >= 11 is 6.46. The van der Waals surface area contributed by atoms with Crippen molar-refractivity contribution >= 4 is 45.8 Å². The number of nitrogens with zero attached hydrogens (tertiary/aromatic N) is 3. The van der Waals surface area contributed by atoms with E-state index in [2.05, 4.69) is 30.6 Å². The number of ether oxygens (including phenoxy) is 1. The molecule has 184 valence electrons. The minimum atomic E-state index is -0.354. The molecule has 0 radical (unpaired) electrons. The standard InChI is InChI=1S/C25H23ClN6O4/c26-20-9-14(25(35)32-15-5-7-27-8-6-15)1-4-18(20)22(34)19-10-28-23-21(19)24(30-13-29-23)31-16-2-3-17(11-33)36-12-16/h1,4-10,13,16-17,33H,2-3,11-12H2,(H,27,32,35)(H2,28,29,30,31). The summed E-state index contributed by atoms with van der Waals surface area (Å²) in [6, 6.07) is 7.87. The van der Waals surface area contributed by atoms with Gasteiger partial charge in [0.2, 0.25) is 0 Å². The minimum absolute atomic E-state index is 0.00806. The molecule has 1 amide bonds. The Hall–Kier alpha value is -3.86. The highest BCUT2D eigenvalue weighted by molar-refractivity contribution is 6.36. The SMILES string of the molecule is O=C(Nc1ccncc1)c1ccc(C(=O)c2c[nH]c3ncnc(NC4CCC(CO)OC4)c23)c(Cl)c1. The summed E-state index contributed by atoms with van der Waals surface area (Å²) in [5.41, 5.74) is 2.02. The lowest BCUT2D eigenvalue weighted by atomic mass is 10.0. The highest BCUT2D eigenvalue weighted by atomic mass is 35.5. The first kappa shape index (κ1) is 23.9. The molecule has 1 fully saturated rings. The van der Waals surface area contributed by atoms with E-state index in [4.69, 9.17) is 16.3 Å². The van der Waals surface area contributed by atoms with Gasteiger partial charge in [-0.15, -0.1) is 0 Å². The highest BCUT2D eigenvalue weighted by Crippen LogP contribution is 2.29. The summed E-state index contributed by atoms with van der Waals surface area (Å²) in [5.74, 6) is -0.178. The first-order valence-corrected chi connectivity index (χ1v) is 11.8. The van der Waals surface area contributed by atoms with Crippen LogP contribution < -0.4 is 10.6 Å². The van der Waals surface area contributed by atoms with Gasteiger partial charge in [0.15, 0.2) is 5.78 Å². The zero-order valence-corrected chi connectivity index (χ0v) is 19.8. The second-order valence-corrected chi connectivity index (χ2v) is 8.83. The average Bonchev–Trinajstić information content (AvgIpc) is 3.34. The van der Waals surface area contributed by atoms with Gasteiger partial charge in [0.25, 0.3) is 5.91 Å². The third kappa shape index (κ3) is 4.92. The number of aliphatic hydroxyl groups excluding tert-OH is 1. The second-order valence-electron chi connectivity index (χ2n) is 8.42. The Balaban J connectivity index is 1.38. The van der Waals surface area contributed by atoms with E-state index in [-0.39, 0.29) is 41.0 Å². The molecule has 0 spiro atoms. The van der Waals surface area contributed by atoms with Gasteiger partial charge in [-0.2, -0.15) is 0 Å². The summed E-state index contributed by atoms with van der Waals surface area (Å²) < 4.78 is 5.65. The topological polar surface area (TPSA) is 142 Å². The number of fused-ring (bicyclic) bond motifs is 1. The van der Waals surface area contributed by atoms with Crippen LogP contribution >= 0.6 is 11.6 Å². The first-order chi connectivity index (χ1) is 17.5. The molecule has 4 aromatic rings. The number of nitrogens with one attached hydrogen (secondary N) is 3. The van der Waals surface area contributed by atoms with Crippen molar-refractivity contribution in [3.63, 3.8) is 0 Å². The third-order valence-electron chi connectivity index (χ3n) is 6.04. The van der Waals surface area contributed by atoms with Gasteiger partial charge >= 0.3 is 0 Å². The number of aromatic amines is 1. The van der Waals surface area contributed by atoms with Gasteiger partial charge in [-0.25, -0.2) is 9.97 Å². The Kier molecular flexibility index (Phi) is 6.90. The molecule has 2 atom stereocenters. The Labute approximate surface area is 211 Å². The number of amides is 1. The van der Waals surface area contributed by atoms with Crippen molar-refractivity contribution in [1.82, 2.24) is 19.9 Å². The minimum Gasteiger partial charge on any atom is -0.394 e. The number of hydrogen-bond acceptors (Lipinski definition) is 8. The van der Waals surface area contributed by atoms with Crippen LogP contribution in [-0.4, -0.2) is 62.1 Å². The number of carbonyl (C=O) groups is 2. The van der Waals surface area contributed by atoms with Crippen LogP contribution in [0, 0.1) is 0 Å². The van der Waals surface area contributed by atoms with Crippen molar-refractivity contribution in [3.8, 4) is 0 Å². The van der Waals surface area contributed by atoms with Gasteiger partial charge in [-0.1, -0.05) is 11.6 Å². The second kappa shape index (κ2) is 10.4.